The van der Waals surface area contributed by atoms with Crippen molar-refractivity contribution in [2.24, 2.45) is 5.10 Å². The molecule has 0 bridgehead atoms. The summed E-state index contributed by atoms with van der Waals surface area (Å²) in [5, 5.41) is 5.12. The number of halogens is 1. The molecule has 1 heterocycles. The molecule has 0 spiro atoms. The van der Waals surface area contributed by atoms with Crippen molar-refractivity contribution in [1.82, 2.24) is 9.99 Å². The Morgan fingerprint density at radius 2 is 1.76 bits per heavy atom. The van der Waals surface area contributed by atoms with Gasteiger partial charge in [0.05, 0.1) is 27.0 Å². The number of hydrogen-bond donors (Lipinski definition) is 1. The van der Waals surface area contributed by atoms with E-state index in [-0.39, 0.29) is 0 Å². The maximum absolute atomic E-state index is 6.21. The summed E-state index contributed by atoms with van der Waals surface area (Å²) >= 11 is 6.21. The Hall–Kier alpha value is -2.92. The Morgan fingerprint density at radius 3 is 2.48 bits per heavy atom. The molecule has 152 valence electrons. The van der Waals surface area contributed by atoms with Gasteiger partial charge in [-0.2, -0.15) is 5.10 Å². The number of aromatic nitrogens is 1. The van der Waals surface area contributed by atoms with Crippen molar-refractivity contribution in [2.45, 2.75) is 27.3 Å². The average molecular weight is 412 g/mol. The number of benzene rings is 2. The zero-order chi connectivity index (χ0) is 21.0. The molecule has 0 atom stereocenters. The predicted octanol–water partition coefficient (Wildman–Crippen LogP) is 5.20. The normalized spacial score (nSPS) is 11.1. The molecule has 2 aromatic carbocycles. The molecule has 3 aromatic rings. The van der Waals surface area contributed by atoms with Crippen LogP contribution >= 0.6 is 11.6 Å². The highest BCUT2D eigenvalue weighted by atomic mass is 35.5. The summed E-state index contributed by atoms with van der Waals surface area (Å²) in [6.45, 7) is 6.84. The average Bonchev–Trinajstić information content (AvgIpc) is 3.00. The Bertz CT molecular complexity index is 1040. The van der Waals surface area contributed by atoms with E-state index in [0.717, 1.165) is 33.2 Å². The van der Waals surface area contributed by atoms with E-state index in [2.05, 4.69) is 41.9 Å². The molecule has 3 rings (SSSR count). The van der Waals surface area contributed by atoms with Crippen LogP contribution in [0, 0.1) is 20.8 Å². The van der Waals surface area contributed by atoms with Gasteiger partial charge in [-0.05, 0) is 62.2 Å². The molecule has 1 N–H and O–H groups in total. The topological polar surface area (TPSA) is 47.8 Å². The minimum Gasteiger partial charge on any atom is -0.493 e. The van der Waals surface area contributed by atoms with Crippen molar-refractivity contribution < 1.29 is 9.47 Å². The molecule has 1 aromatic heterocycles. The zero-order valence-electron chi connectivity index (χ0n) is 17.4. The summed E-state index contributed by atoms with van der Waals surface area (Å²) in [5.41, 5.74) is 9.72. The monoisotopic (exact) mass is 411 g/mol. The number of hydrazone groups is 1. The lowest BCUT2D eigenvalue weighted by molar-refractivity contribution is 0.354. The van der Waals surface area contributed by atoms with Crippen LogP contribution in [0.3, 0.4) is 0 Å². The lowest BCUT2D eigenvalue weighted by Gasteiger charge is -2.13. The SMILES string of the molecule is COc1ccc(CN/N=C/c2cc(C)n(-c3cc(Cl)ccc3C)c2C)cc1OC. The maximum atomic E-state index is 6.21. The Balaban J connectivity index is 1.74. The second kappa shape index (κ2) is 9.05. The highest BCUT2D eigenvalue weighted by Crippen LogP contribution is 2.27. The van der Waals surface area contributed by atoms with Crippen LogP contribution in [0.2, 0.25) is 5.02 Å². The van der Waals surface area contributed by atoms with Gasteiger partial charge in [0.2, 0.25) is 0 Å². The first-order valence-corrected chi connectivity index (χ1v) is 9.74. The van der Waals surface area contributed by atoms with E-state index in [1.807, 2.05) is 42.6 Å². The summed E-state index contributed by atoms with van der Waals surface area (Å²) in [6, 6.07) is 13.9. The molecule has 0 saturated heterocycles. The molecule has 0 radical (unpaired) electrons. The Kier molecular flexibility index (Phi) is 6.49. The highest BCUT2D eigenvalue weighted by molar-refractivity contribution is 6.30. The quantitative estimate of drug-likeness (QED) is 0.429. The smallest absolute Gasteiger partial charge is 0.161 e. The third-order valence-corrected chi connectivity index (χ3v) is 5.14. The van der Waals surface area contributed by atoms with Crippen LogP contribution in [-0.4, -0.2) is 25.0 Å². The zero-order valence-corrected chi connectivity index (χ0v) is 18.2. The number of nitrogens with one attached hydrogen (secondary N) is 1. The van der Waals surface area contributed by atoms with Crippen LogP contribution in [0.25, 0.3) is 5.69 Å². The van der Waals surface area contributed by atoms with Crippen LogP contribution < -0.4 is 14.9 Å². The third-order valence-electron chi connectivity index (χ3n) is 4.91. The first-order chi connectivity index (χ1) is 13.9. The number of hydrogen-bond acceptors (Lipinski definition) is 4. The molecule has 0 aliphatic heterocycles. The van der Waals surface area contributed by atoms with Gasteiger partial charge in [-0.3, -0.25) is 0 Å². The van der Waals surface area contributed by atoms with E-state index in [4.69, 9.17) is 21.1 Å². The number of methoxy groups -OCH3 is 2. The summed E-state index contributed by atoms with van der Waals surface area (Å²) in [5.74, 6) is 1.42. The van der Waals surface area contributed by atoms with Crippen molar-refractivity contribution in [3.8, 4) is 17.2 Å². The van der Waals surface area contributed by atoms with Gasteiger partial charge in [0.1, 0.15) is 0 Å². The van der Waals surface area contributed by atoms with Gasteiger partial charge in [0.15, 0.2) is 11.5 Å². The van der Waals surface area contributed by atoms with Gasteiger partial charge in [-0.15, -0.1) is 0 Å². The van der Waals surface area contributed by atoms with Gasteiger partial charge >= 0.3 is 0 Å². The fourth-order valence-electron chi connectivity index (χ4n) is 3.36. The van der Waals surface area contributed by atoms with Crippen molar-refractivity contribution in [3.05, 3.63) is 75.6 Å². The van der Waals surface area contributed by atoms with E-state index >= 15 is 0 Å². The van der Waals surface area contributed by atoms with E-state index in [9.17, 15) is 0 Å². The molecule has 0 saturated carbocycles. The number of ether oxygens (including phenoxy) is 2. The molecule has 0 aliphatic carbocycles. The molecule has 0 fully saturated rings. The largest absolute Gasteiger partial charge is 0.493 e. The van der Waals surface area contributed by atoms with Gasteiger partial charge in [0, 0.05) is 27.7 Å². The van der Waals surface area contributed by atoms with Gasteiger partial charge in [0.25, 0.3) is 0 Å². The molecular weight excluding hydrogens is 386 g/mol. The first-order valence-electron chi connectivity index (χ1n) is 9.37. The van der Waals surface area contributed by atoms with E-state index in [1.165, 1.54) is 5.56 Å². The summed E-state index contributed by atoms with van der Waals surface area (Å²) < 4.78 is 12.8. The molecule has 5 nitrogen and oxygen atoms in total. The van der Waals surface area contributed by atoms with Crippen LogP contribution in [-0.2, 0) is 6.54 Å². The van der Waals surface area contributed by atoms with Crippen molar-refractivity contribution in [2.75, 3.05) is 14.2 Å². The number of rotatable bonds is 7. The maximum Gasteiger partial charge on any atom is 0.161 e. The van der Waals surface area contributed by atoms with Crippen LogP contribution in [0.5, 0.6) is 11.5 Å². The summed E-state index contributed by atoms with van der Waals surface area (Å²) in [7, 11) is 3.26. The van der Waals surface area contributed by atoms with E-state index in [1.54, 1.807) is 14.2 Å². The van der Waals surface area contributed by atoms with Crippen LogP contribution in [0.1, 0.15) is 28.1 Å². The number of aryl methyl sites for hydroxylation is 2. The van der Waals surface area contributed by atoms with Crippen molar-refractivity contribution in [1.29, 1.82) is 0 Å². The highest BCUT2D eigenvalue weighted by Gasteiger charge is 2.12. The first kappa shape index (κ1) is 20.8. The fraction of sp³-hybridized carbons (Fsp3) is 0.261. The second-order valence-corrected chi connectivity index (χ2v) is 7.31. The van der Waals surface area contributed by atoms with Crippen LogP contribution in [0.4, 0.5) is 0 Å². The fourth-order valence-corrected chi connectivity index (χ4v) is 3.52. The van der Waals surface area contributed by atoms with Gasteiger partial charge in [-0.25, -0.2) is 0 Å². The minimum absolute atomic E-state index is 0.586. The molecule has 0 unspecified atom stereocenters. The Labute approximate surface area is 176 Å². The summed E-state index contributed by atoms with van der Waals surface area (Å²) in [4.78, 5) is 0. The molecule has 0 aliphatic rings. The molecule has 29 heavy (non-hydrogen) atoms. The van der Waals surface area contributed by atoms with Crippen molar-refractivity contribution >= 4 is 17.8 Å². The standard InChI is InChI=1S/C23H26ClN3O2/c1-15-6-8-20(24)12-21(15)27-16(2)10-19(17(27)3)14-26-25-13-18-7-9-22(28-4)23(11-18)29-5/h6-12,14,25H,13H2,1-5H3/b26-14+. The minimum atomic E-state index is 0.586. The molecular formula is C23H26ClN3O2. The van der Waals surface area contributed by atoms with E-state index < -0.39 is 0 Å². The van der Waals surface area contributed by atoms with E-state index in [0.29, 0.717) is 18.0 Å². The summed E-state index contributed by atoms with van der Waals surface area (Å²) in [6.07, 6.45) is 1.85. The Morgan fingerprint density at radius 1 is 1.00 bits per heavy atom. The van der Waals surface area contributed by atoms with Gasteiger partial charge in [-0.1, -0.05) is 23.7 Å². The van der Waals surface area contributed by atoms with Crippen LogP contribution in [0.15, 0.2) is 47.6 Å². The lowest BCUT2D eigenvalue weighted by Crippen LogP contribution is -2.06. The predicted molar refractivity (Wildman–Crippen MR) is 119 cm³/mol. The van der Waals surface area contributed by atoms with Crippen molar-refractivity contribution in [3.63, 3.8) is 0 Å². The molecule has 6 heteroatoms. The molecule has 0 amide bonds. The lowest BCUT2D eigenvalue weighted by atomic mass is 10.2. The number of nitrogens with zero attached hydrogens (tertiary/aromatic N) is 2. The third kappa shape index (κ3) is 4.57. The second-order valence-electron chi connectivity index (χ2n) is 6.88. The van der Waals surface area contributed by atoms with Gasteiger partial charge < -0.3 is 19.5 Å².